The zero-order chi connectivity index (χ0) is 18.0. The lowest BCUT2D eigenvalue weighted by Crippen LogP contribution is -2.32. The van der Waals surface area contributed by atoms with Crippen LogP contribution in [0.1, 0.15) is 33.9 Å². The lowest BCUT2D eigenvalue weighted by atomic mass is 10.0. The third kappa shape index (κ3) is 3.70. The Morgan fingerprint density at radius 2 is 2.08 bits per heavy atom. The van der Waals surface area contributed by atoms with E-state index in [9.17, 15) is 18.7 Å². The number of β-amino-alcohol motifs (C(OH)–C–C–N with tert-alkyl or cyclic N) is 1. The molecular formula is C19H19F2NO3. The maximum Gasteiger partial charge on any atom is 0.254 e. The summed E-state index contributed by atoms with van der Waals surface area (Å²) in [4.78, 5) is 14.3. The van der Waals surface area contributed by atoms with E-state index in [1.165, 1.54) is 4.90 Å². The summed E-state index contributed by atoms with van der Waals surface area (Å²) in [7, 11) is 1.56. The predicted octanol–water partition coefficient (Wildman–Crippen LogP) is 3.06. The van der Waals surface area contributed by atoms with Gasteiger partial charge in [-0.15, -0.1) is 0 Å². The van der Waals surface area contributed by atoms with E-state index in [4.69, 9.17) is 4.74 Å². The number of benzene rings is 2. The van der Waals surface area contributed by atoms with Gasteiger partial charge < -0.3 is 14.7 Å². The van der Waals surface area contributed by atoms with Crippen molar-refractivity contribution in [1.82, 2.24) is 4.90 Å². The Kier molecular flexibility index (Phi) is 5.11. The molecule has 1 saturated heterocycles. The minimum atomic E-state index is -0.779. The van der Waals surface area contributed by atoms with Crippen LogP contribution in [0.4, 0.5) is 8.78 Å². The molecule has 1 aliphatic heterocycles. The molecule has 25 heavy (non-hydrogen) atoms. The van der Waals surface area contributed by atoms with Gasteiger partial charge in [-0.25, -0.2) is 8.78 Å². The van der Waals surface area contributed by atoms with Crippen molar-refractivity contribution in [2.75, 3.05) is 13.7 Å². The summed E-state index contributed by atoms with van der Waals surface area (Å²) >= 11 is 0. The van der Waals surface area contributed by atoms with Gasteiger partial charge in [0.15, 0.2) is 0 Å². The standard InChI is InChI=1S/C19H19F2NO3/c1-25-11-12-3-2-4-13(7-12)19(24)22-10-15(23)9-18(22)16-8-14(20)5-6-17(16)21/h2-8,15,18,23H,9-11H2,1H3/t15-,18+/m1/s1. The van der Waals surface area contributed by atoms with Crippen LogP contribution in [-0.2, 0) is 11.3 Å². The summed E-state index contributed by atoms with van der Waals surface area (Å²) in [6.45, 7) is 0.444. The molecule has 1 aliphatic rings. The van der Waals surface area contributed by atoms with Gasteiger partial charge >= 0.3 is 0 Å². The zero-order valence-corrected chi connectivity index (χ0v) is 13.8. The fourth-order valence-corrected chi connectivity index (χ4v) is 3.23. The van der Waals surface area contributed by atoms with Crippen molar-refractivity contribution in [2.45, 2.75) is 25.2 Å². The van der Waals surface area contributed by atoms with E-state index in [1.54, 1.807) is 25.3 Å². The second-order valence-electron chi connectivity index (χ2n) is 6.16. The molecule has 1 N–H and O–H groups in total. The number of halogens is 2. The SMILES string of the molecule is COCc1cccc(C(=O)N2C[C@H](O)C[C@H]2c2cc(F)ccc2F)c1. The molecule has 2 atom stereocenters. The van der Waals surface area contributed by atoms with Gasteiger partial charge in [-0.2, -0.15) is 0 Å². The molecule has 0 aromatic heterocycles. The first-order valence-electron chi connectivity index (χ1n) is 8.01. The normalized spacial score (nSPS) is 20.1. The number of carbonyl (C=O) groups excluding carboxylic acids is 1. The van der Waals surface area contributed by atoms with Gasteiger partial charge in [0.2, 0.25) is 0 Å². The lowest BCUT2D eigenvalue weighted by Gasteiger charge is -2.25. The minimum Gasteiger partial charge on any atom is -0.391 e. The Labute approximate surface area is 144 Å². The molecule has 1 fully saturated rings. The molecule has 0 unspecified atom stereocenters. The lowest BCUT2D eigenvalue weighted by molar-refractivity contribution is 0.0713. The van der Waals surface area contributed by atoms with Crippen molar-refractivity contribution in [3.63, 3.8) is 0 Å². The van der Waals surface area contributed by atoms with Crippen LogP contribution >= 0.6 is 0 Å². The number of rotatable bonds is 4. The van der Waals surface area contributed by atoms with Gasteiger partial charge in [0.05, 0.1) is 18.8 Å². The van der Waals surface area contributed by atoms with Crippen molar-refractivity contribution < 1.29 is 23.4 Å². The van der Waals surface area contributed by atoms with E-state index in [2.05, 4.69) is 0 Å². The maximum absolute atomic E-state index is 14.1. The number of amides is 1. The molecule has 1 heterocycles. The molecule has 6 heteroatoms. The second-order valence-corrected chi connectivity index (χ2v) is 6.16. The van der Waals surface area contributed by atoms with Crippen LogP contribution in [0.5, 0.6) is 0 Å². The molecule has 0 saturated carbocycles. The molecule has 0 aliphatic carbocycles. The predicted molar refractivity (Wildman–Crippen MR) is 87.9 cm³/mol. The number of carbonyl (C=O) groups is 1. The fraction of sp³-hybridized carbons (Fsp3) is 0.316. The number of hydrogen-bond acceptors (Lipinski definition) is 3. The molecule has 0 bridgehead atoms. The van der Waals surface area contributed by atoms with Gasteiger partial charge in [0.25, 0.3) is 5.91 Å². The monoisotopic (exact) mass is 347 g/mol. The van der Waals surface area contributed by atoms with E-state index in [-0.39, 0.29) is 24.4 Å². The van der Waals surface area contributed by atoms with E-state index in [0.717, 1.165) is 23.8 Å². The van der Waals surface area contributed by atoms with Crippen molar-refractivity contribution in [1.29, 1.82) is 0 Å². The van der Waals surface area contributed by atoms with Crippen LogP contribution in [0.3, 0.4) is 0 Å². The molecule has 4 nitrogen and oxygen atoms in total. The Hall–Kier alpha value is -2.31. The smallest absolute Gasteiger partial charge is 0.254 e. The number of methoxy groups -OCH3 is 1. The first kappa shape index (κ1) is 17.5. The summed E-state index contributed by atoms with van der Waals surface area (Å²) in [5.41, 5.74) is 1.34. The van der Waals surface area contributed by atoms with Crippen molar-refractivity contribution in [3.05, 3.63) is 70.8 Å². The highest BCUT2D eigenvalue weighted by atomic mass is 19.1. The summed E-state index contributed by atoms with van der Waals surface area (Å²) in [5, 5.41) is 10.00. The number of nitrogens with zero attached hydrogens (tertiary/aromatic N) is 1. The van der Waals surface area contributed by atoms with E-state index in [1.807, 2.05) is 6.07 Å². The Balaban J connectivity index is 1.92. The van der Waals surface area contributed by atoms with Crippen LogP contribution < -0.4 is 0 Å². The summed E-state index contributed by atoms with van der Waals surface area (Å²) in [5.74, 6) is -1.50. The first-order valence-corrected chi connectivity index (χ1v) is 8.01. The van der Waals surface area contributed by atoms with Gasteiger partial charge in [0.1, 0.15) is 11.6 Å². The molecule has 3 rings (SSSR count). The van der Waals surface area contributed by atoms with E-state index >= 15 is 0 Å². The van der Waals surface area contributed by atoms with Gasteiger partial charge in [-0.3, -0.25) is 4.79 Å². The van der Waals surface area contributed by atoms with Crippen molar-refractivity contribution >= 4 is 5.91 Å². The van der Waals surface area contributed by atoms with Crippen LogP contribution in [0.25, 0.3) is 0 Å². The Bertz CT molecular complexity index is 781. The third-order valence-corrected chi connectivity index (χ3v) is 4.34. The second kappa shape index (κ2) is 7.29. The number of likely N-dealkylation sites (tertiary alicyclic amines) is 1. The van der Waals surface area contributed by atoms with E-state index < -0.39 is 23.8 Å². The molecule has 2 aromatic rings. The number of aliphatic hydroxyl groups is 1. The van der Waals surface area contributed by atoms with Crippen LogP contribution in [0.2, 0.25) is 0 Å². The molecule has 0 radical (unpaired) electrons. The highest BCUT2D eigenvalue weighted by Gasteiger charge is 2.37. The minimum absolute atomic E-state index is 0.0773. The highest BCUT2D eigenvalue weighted by Crippen LogP contribution is 2.35. The van der Waals surface area contributed by atoms with Crippen LogP contribution in [-0.4, -0.2) is 35.7 Å². The maximum atomic E-state index is 14.1. The fourth-order valence-electron chi connectivity index (χ4n) is 3.23. The Morgan fingerprint density at radius 1 is 1.28 bits per heavy atom. The highest BCUT2D eigenvalue weighted by molar-refractivity contribution is 5.95. The zero-order valence-electron chi connectivity index (χ0n) is 13.8. The quantitative estimate of drug-likeness (QED) is 0.925. The summed E-state index contributed by atoms with van der Waals surface area (Å²) in [6, 6.07) is 9.39. The van der Waals surface area contributed by atoms with Crippen molar-refractivity contribution in [3.8, 4) is 0 Å². The van der Waals surface area contributed by atoms with Crippen LogP contribution in [0.15, 0.2) is 42.5 Å². The number of ether oxygens (including phenoxy) is 1. The molecule has 2 aromatic carbocycles. The first-order chi connectivity index (χ1) is 12.0. The average molecular weight is 347 g/mol. The van der Waals surface area contributed by atoms with Gasteiger partial charge in [-0.05, 0) is 42.3 Å². The summed E-state index contributed by atoms with van der Waals surface area (Å²) in [6.07, 6.45) is -0.608. The van der Waals surface area contributed by atoms with Crippen LogP contribution in [0, 0.1) is 11.6 Å². The summed E-state index contributed by atoms with van der Waals surface area (Å²) < 4.78 is 32.8. The number of aliphatic hydroxyl groups excluding tert-OH is 1. The molecular weight excluding hydrogens is 328 g/mol. The van der Waals surface area contributed by atoms with Gasteiger partial charge in [0, 0.05) is 24.8 Å². The number of hydrogen-bond donors (Lipinski definition) is 1. The largest absolute Gasteiger partial charge is 0.391 e. The molecule has 132 valence electrons. The third-order valence-electron chi connectivity index (χ3n) is 4.34. The van der Waals surface area contributed by atoms with Crippen molar-refractivity contribution in [2.24, 2.45) is 0 Å². The molecule has 0 spiro atoms. The Morgan fingerprint density at radius 3 is 2.84 bits per heavy atom. The molecule has 1 amide bonds. The topological polar surface area (TPSA) is 49.8 Å². The van der Waals surface area contributed by atoms with E-state index in [0.29, 0.717) is 12.2 Å². The van der Waals surface area contributed by atoms with Gasteiger partial charge in [-0.1, -0.05) is 12.1 Å². The average Bonchev–Trinajstić information content (AvgIpc) is 2.98.